The maximum Gasteiger partial charge on any atom is 0.433 e. The molecule has 4 rings (SSSR count). The molecule has 0 bridgehead atoms. The van der Waals surface area contributed by atoms with Crippen LogP contribution in [0.15, 0.2) is 73.1 Å². The number of likely N-dealkylation sites (N-methyl/N-ethyl adjacent to an activating group) is 1. The lowest BCUT2D eigenvalue weighted by Crippen LogP contribution is -2.25. The summed E-state index contributed by atoms with van der Waals surface area (Å²) in [5.74, 6) is 0. The highest BCUT2D eigenvalue weighted by Gasteiger charge is 2.38. The molecule has 0 aliphatic rings. The molecule has 0 aliphatic carbocycles. The smallest absolute Gasteiger partial charge is 0.387 e. The Bertz CT molecular complexity index is 1360. The second-order valence-corrected chi connectivity index (χ2v) is 8.41. The summed E-state index contributed by atoms with van der Waals surface area (Å²) in [5, 5.41) is 10.7. The Morgan fingerprint density at radius 1 is 0.917 bits per heavy atom. The van der Waals surface area contributed by atoms with Gasteiger partial charge in [-0.1, -0.05) is 42.5 Å². The van der Waals surface area contributed by atoms with Crippen LogP contribution in [-0.4, -0.2) is 33.6 Å². The van der Waals surface area contributed by atoms with E-state index in [0.29, 0.717) is 18.7 Å². The molecule has 188 valence electrons. The fourth-order valence-corrected chi connectivity index (χ4v) is 4.14. The second kappa shape index (κ2) is 9.87. The first-order valence-corrected chi connectivity index (χ1v) is 10.9. The van der Waals surface area contributed by atoms with Crippen LogP contribution in [0, 0.1) is 0 Å². The van der Waals surface area contributed by atoms with Gasteiger partial charge >= 0.3 is 12.4 Å². The maximum atomic E-state index is 13.5. The van der Waals surface area contributed by atoms with E-state index in [1.165, 1.54) is 6.07 Å². The van der Waals surface area contributed by atoms with Crippen molar-refractivity contribution < 1.29 is 31.4 Å². The summed E-state index contributed by atoms with van der Waals surface area (Å²) >= 11 is 0. The number of pyridine rings is 2. The Labute approximate surface area is 202 Å². The van der Waals surface area contributed by atoms with Gasteiger partial charge in [-0.2, -0.15) is 26.3 Å². The van der Waals surface area contributed by atoms with Crippen LogP contribution in [0.25, 0.3) is 22.0 Å². The summed E-state index contributed by atoms with van der Waals surface area (Å²) in [6, 6.07) is 14.8. The van der Waals surface area contributed by atoms with Crippen LogP contribution in [0.5, 0.6) is 0 Å². The van der Waals surface area contributed by atoms with Crippen LogP contribution in [-0.2, 0) is 18.9 Å². The van der Waals surface area contributed by atoms with Gasteiger partial charge in [0.15, 0.2) is 0 Å². The van der Waals surface area contributed by atoms with Crippen molar-refractivity contribution in [2.45, 2.75) is 25.0 Å². The van der Waals surface area contributed by atoms with E-state index < -0.39 is 35.2 Å². The molecular weight excluding hydrogens is 484 g/mol. The first kappa shape index (κ1) is 25.6. The number of aliphatic hydroxyl groups is 1. The van der Waals surface area contributed by atoms with Gasteiger partial charge in [0, 0.05) is 36.4 Å². The maximum absolute atomic E-state index is 13.5. The van der Waals surface area contributed by atoms with Crippen LogP contribution in [0.3, 0.4) is 0 Å². The third-order valence-corrected chi connectivity index (χ3v) is 5.74. The molecule has 0 fully saturated rings. The van der Waals surface area contributed by atoms with Crippen molar-refractivity contribution in [1.29, 1.82) is 0 Å². The zero-order valence-corrected chi connectivity index (χ0v) is 19.0. The molecule has 0 spiro atoms. The van der Waals surface area contributed by atoms with Gasteiger partial charge in [-0.05, 0) is 41.9 Å². The van der Waals surface area contributed by atoms with E-state index in [4.69, 9.17) is 0 Å². The highest BCUT2D eigenvalue weighted by atomic mass is 19.4. The summed E-state index contributed by atoms with van der Waals surface area (Å²) < 4.78 is 81.0. The molecule has 10 heteroatoms. The standard InChI is InChI=1S/C26H21F6N3O/c1-35(14-17-6-2-3-8-18(17)16-7-5-11-33-13-16)15-22(36)20-12-23(26(30,31)32)34-24-19(20)9-4-10-21(24)25(27,28)29/h2-13,22,36H,14-15H2,1H3. The molecule has 36 heavy (non-hydrogen) atoms. The van der Waals surface area contributed by atoms with Crippen LogP contribution in [0.2, 0.25) is 0 Å². The lowest BCUT2D eigenvalue weighted by molar-refractivity contribution is -0.142. The molecule has 4 aromatic rings. The Morgan fingerprint density at radius 2 is 1.67 bits per heavy atom. The minimum atomic E-state index is -4.99. The average Bonchev–Trinajstić information content (AvgIpc) is 2.82. The SMILES string of the molecule is CN(Cc1ccccc1-c1cccnc1)CC(O)c1cc(C(F)(F)F)nc2c(C(F)(F)F)cccc12. The molecule has 0 amide bonds. The van der Waals surface area contributed by atoms with Crippen molar-refractivity contribution in [3.63, 3.8) is 0 Å². The van der Waals surface area contributed by atoms with E-state index in [1.54, 1.807) is 30.4 Å². The summed E-state index contributed by atoms with van der Waals surface area (Å²) in [4.78, 5) is 9.08. The van der Waals surface area contributed by atoms with Crippen LogP contribution >= 0.6 is 0 Å². The number of aromatic nitrogens is 2. The first-order valence-electron chi connectivity index (χ1n) is 10.9. The number of rotatable bonds is 6. The molecule has 0 radical (unpaired) electrons. The number of para-hydroxylation sites is 1. The van der Waals surface area contributed by atoms with Gasteiger partial charge in [0.05, 0.1) is 17.2 Å². The zero-order valence-electron chi connectivity index (χ0n) is 19.0. The first-order chi connectivity index (χ1) is 16.9. The molecule has 1 atom stereocenters. The second-order valence-electron chi connectivity index (χ2n) is 8.41. The number of nitrogens with zero attached hydrogens (tertiary/aromatic N) is 3. The molecule has 2 aromatic carbocycles. The van der Waals surface area contributed by atoms with Gasteiger partial charge in [-0.25, -0.2) is 4.98 Å². The fraction of sp³-hybridized carbons (Fsp3) is 0.231. The van der Waals surface area contributed by atoms with Crippen molar-refractivity contribution in [3.05, 3.63) is 95.4 Å². The van der Waals surface area contributed by atoms with Crippen molar-refractivity contribution in [2.75, 3.05) is 13.6 Å². The third kappa shape index (κ3) is 5.50. The monoisotopic (exact) mass is 505 g/mol. The number of benzene rings is 2. The largest absolute Gasteiger partial charge is 0.433 e. The van der Waals surface area contributed by atoms with Gasteiger partial charge < -0.3 is 5.11 Å². The van der Waals surface area contributed by atoms with Gasteiger partial charge in [0.1, 0.15) is 5.69 Å². The Balaban J connectivity index is 1.68. The number of halogens is 6. The van der Waals surface area contributed by atoms with Gasteiger partial charge in [0.25, 0.3) is 0 Å². The predicted octanol–water partition coefficient (Wildman–Crippen LogP) is 6.50. The number of hydrogen-bond acceptors (Lipinski definition) is 4. The number of aliphatic hydroxyl groups excluding tert-OH is 1. The van der Waals surface area contributed by atoms with Gasteiger partial charge in [0.2, 0.25) is 0 Å². The molecule has 2 aromatic heterocycles. The molecular formula is C26H21F6N3O. The lowest BCUT2D eigenvalue weighted by Gasteiger charge is -2.24. The van der Waals surface area contributed by atoms with E-state index in [9.17, 15) is 31.4 Å². The summed E-state index contributed by atoms with van der Waals surface area (Å²) in [5.41, 5.74) is -1.25. The number of fused-ring (bicyclic) bond motifs is 1. The normalized spacial score (nSPS) is 13.4. The fourth-order valence-electron chi connectivity index (χ4n) is 4.14. The molecule has 1 unspecified atom stereocenters. The van der Waals surface area contributed by atoms with Crippen LogP contribution < -0.4 is 0 Å². The summed E-state index contributed by atoms with van der Waals surface area (Å²) in [7, 11) is 1.67. The zero-order chi connectivity index (χ0) is 26.1. The predicted molar refractivity (Wildman–Crippen MR) is 123 cm³/mol. The summed E-state index contributed by atoms with van der Waals surface area (Å²) in [6.07, 6.45) is -8.06. The van der Waals surface area contributed by atoms with Gasteiger partial charge in [-0.3, -0.25) is 9.88 Å². The number of alkyl halides is 6. The minimum Gasteiger partial charge on any atom is -0.387 e. The quantitative estimate of drug-likeness (QED) is 0.304. The Hall–Kier alpha value is -3.50. The Kier molecular flexibility index (Phi) is 7.01. The highest BCUT2D eigenvalue weighted by Crippen LogP contribution is 2.39. The molecule has 1 N–H and O–H groups in total. The van der Waals surface area contributed by atoms with Crippen molar-refractivity contribution >= 4 is 10.9 Å². The van der Waals surface area contributed by atoms with E-state index in [2.05, 4.69) is 9.97 Å². The van der Waals surface area contributed by atoms with Crippen LogP contribution in [0.4, 0.5) is 26.3 Å². The van der Waals surface area contributed by atoms with Crippen molar-refractivity contribution in [2.24, 2.45) is 0 Å². The highest BCUT2D eigenvalue weighted by molar-refractivity contribution is 5.86. The van der Waals surface area contributed by atoms with Crippen LogP contribution in [0.1, 0.15) is 28.5 Å². The minimum absolute atomic E-state index is 0.131. The van der Waals surface area contributed by atoms with E-state index in [0.717, 1.165) is 22.8 Å². The summed E-state index contributed by atoms with van der Waals surface area (Å²) in [6.45, 7) is 0.194. The van der Waals surface area contributed by atoms with E-state index in [1.807, 2.05) is 30.3 Å². The molecule has 0 saturated carbocycles. The van der Waals surface area contributed by atoms with E-state index >= 15 is 0 Å². The number of hydrogen-bond donors (Lipinski definition) is 1. The average molecular weight is 505 g/mol. The van der Waals surface area contributed by atoms with Crippen molar-refractivity contribution in [1.82, 2.24) is 14.9 Å². The van der Waals surface area contributed by atoms with Gasteiger partial charge in [-0.15, -0.1) is 0 Å². The van der Waals surface area contributed by atoms with E-state index in [-0.39, 0.29) is 17.5 Å². The molecule has 0 aliphatic heterocycles. The molecule has 2 heterocycles. The molecule has 4 nitrogen and oxygen atoms in total. The lowest BCUT2D eigenvalue weighted by atomic mass is 9.98. The molecule has 0 saturated heterocycles. The Morgan fingerprint density at radius 3 is 2.33 bits per heavy atom. The topological polar surface area (TPSA) is 49.2 Å². The van der Waals surface area contributed by atoms with Crippen molar-refractivity contribution in [3.8, 4) is 11.1 Å². The third-order valence-electron chi connectivity index (χ3n) is 5.74.